The quantitative estimate of drug-likeness (QED) is 0.360. The van der Waals surface area contributed by atoms with Gasteiger partial charge < -0.3 is 4.74 Å². The number of sulfonamides is 1. The minimum absolute atomic E-state index is 0.179. The van der Waals surface area contributed by atoms with Gasteiger partial charge in [-0.25, -0.2) is 13.2 Å². The second-order valence-corrected chi connectivity index (χ2v) is 10.2. The zero-order valence-corrected chi connectivity index (χ0v) is 20.2. The van der Waals surface area contributed by atoms with Gasteiger partial charge in [0.05, 0.1) is 22.8 Å². The van der Waals surface area contributed by atoms with Crippen LogP contribution in [-0.4, -0.2) is 27.5 Å². The maximum Gasteiger partial charge on any atom is 0.338 e. The van der Waals surface area contributed by atoms with E-state index < -0.39 is 16.0 Å². The molecule has 174 valence electrons. The first-order chi connectivity index (χ1) is 15.6. The maximum atomic E-state index is 13.2. The van der Waals surface area contributed by atoms with Crippen LogP contribution in [0.4, 0.5) is 5.69 Å². The van der Waals surface area contributed by atoms with Crippen molar-refractivity contribution in [3.63, 3.8) is 0 Å². The molecule has 0 unspecified atom stereocenters. The third-order valence-electron chi connectivity index (χ3n) is 5.36. The van der Waals surface area contributed by atoms with Gasteiger partial charge in [-0.15, -0.1) is 4.83 Å². The molecule has 0 radical (unpaired) electrons. The summed E-state index contributed by atoms with van der Waals surface area (Å²) < 4.78 is 31.4. The Labute approximate surface area is 196 Å². The van der Waals surface area contributed by atoms with Crippen molar-refractivity contribution in [3.05, 3.63) is 95.6 Å². The molecule has 0 atom stereocenters. The molecular formula is C26H30N2O4S. The van der Waals surface area contributed by atoms with Crippen LogP contribution in [0.5, 0.6) is 0 Å². The Morgan fingerprint density at radius 1 is 0.939 bits per heavy atom. The van der Waals surface area contributed by atoms with Gasteiger partial charge in [0.2, 0.25) is 0 Å². The Kier molecular flexibility index (Phi) is 7.56. The Bertz CT molecular complexity index is 1170. The monoisotopic (exact) mass is 466 g/mol. The van der Waals surface area contributed by atoms with Crippen molar-refractivity contribution in [2.45, 2.75) is 38.0 Å². The summed E-state index contributed by atoms with van der Waals surface area (Å²) in [5.41, 5.74) is 2.70. The number of aryl methyl sites for hydroxylation is 1. The van der Waals surface area contributed by atoms with E-state index in [1.54, 1.807) is 60.5 Å². The molecule has 3 aromatic carbocycles. The summed E-state index contributed by atoms with van der Waals surface area (Å²) in [4.78, 5) is 14.9. The molecule has 7 heteroatoms. The smallest absolute Gasteiger partial charge is 0.338 e. The molecule has 0 spiro atoms. The number of carbonyl (C=O) groups excluding carboxylic acids is 1. The van der Waals surface area contributed by atoms with E-state index in [4.69, 9.17) is 4.74 Å². The Morgan fingerprint density at radius 3 is 2.12 bits per heavy atom. The number of esters is 1. The molecule has 6 nitrogen and oxygen atoms in total. The van der Waals surface area contributed by atoms with Crippen molar-refractivity contribution in [1.29, 1.82) is 0 Å². The lowest BCUT2D eigenvalue weighted by Crippen LogP contribution is -2.48. The van der Waals surface area contributed by atoms with Crippen molar-refractivity contribution in [2.75, 3.05) is 18.2 Å². The standard InChI is InChI=1S/C26H30N2O4S/c1-5-32-25(29)21-13-15-23(16-14-21)28(19-26(3,4)22-9-7-6-8-10-22)27-33(30,31)24-17-11-20(2)12-18-24/h6-18,27H,5,19H2,1-4H3. The zero-order valence-electron chi connectivity index (χ0n) is 19.4. The van der Waals surface area contributed by atoms with Crippen molar-refractivity contribution in [3.8, 4) is 0 Å². The fraction of sp³-hybridized carbons (Fsp3) is 0.269. The van der Waals surface area contributed by atoms with Gasteiger partial charge in [-0.1, -0.05) is 61.9 Å². The summed E-state index contributed by atoms with van der Waals surface area (Å²) >= 11 is 0. The number of nitrogens with one attached hydrogen (secondary N) is 1. The molecule has 0 aliphatic carbocycles. The van der Waals surface area contributed by atoms with E-state index in [0.29, 0.717) is 17.8 Å². The lowest BCUT2D eigenvalue weighted by Gasteiger charge is -2.34. The van der Waals surface area contributed by atoms with Gasteiger partial charge in [0.25, 0.3) is 10.0 Å². The molecule has 1 N–H and O–H groups in total. The van der Waals surface area contributed by atoms with Crippen molar-refractivity contribution in [1.82, 2.24) is 4.83 Å². The number of ether oxygens (including phenoxy) is 1. The third kappa shape index (κ3) is 6.21. The molecule has 33 heavy (non-hydrogen) atoms. The Balaban J connectivity index is 1.95. The fourth-order valence-corrected chi connectivity index (χ4v) is 4.52. The summed E-state index contributed by atoms with van der Waals surface area (Å²) in [6, 6.07) is 23.3. The lowest BCUT2D eigenvalue weighted by molar-refractivity contribution is 0.0526. The highest BCUT2D eigenvalue weighted by Crippen LogP contribution is 2.27. The van der Waals surface area contributed by atoms with Crippen LogP contribution < -0.4 is 9.84 Å². The van der Waals surface area contributed by atoms with Crippen molar-refractivity contribution >= 4 is 21.7 Å². The number of rotatable bonds is 9. The van der Waals surface area contributed by atoms with E-state index in [0.717, 1.165) is 11.1 Å². The first-order valence-corrected chi connectivity index (χ1v) is 12.3. The largest absolute Gasteiger partial charge is 0.462 e. The third-order valence-corrected chi connectivity index (χ3v) is 6.71. The van der Waals surface area contributed by atoms with Crippen LogP contribution in [0.3, 0.4) is 0 Å². The molecule has 0 bridgehead atoms. The summed E-state index contributed by atoms with van der Waals surface area (Å²) in [5, 5.41) is 1.61. The first-order valence-electron chi connectivity index (χ1n) is 10.8. The van der Waals surface area contributed by atoms with E-state index in [1.165, 1.54) is 0 Å². The predicted octanol–water partition coefficient (Wildman–Crippen LogP) is 4.85. The Hall–Kier alpha value is -3.16. The minimum Gasteiger partial charge on any atom is -0.462 e. The van der Waals surface area contributed by atoms with E-state index in [2.05, 4.69) is 18.7 Å². The van der Waals surface area contributed by atoms with Crippen LogP contribution in [0.1, 0.15) is 42.3 Å². The van der Waals surface area contributed by atoms with Gasteiger partial charge in [0, 0.05) is 12.0 Å². The molecule has 0 amide bonds. The van der Waals surface area contributed by atoms with Gasteiger partial charge in [-0.3, -0.25) is 5.01 Å². The van der Waals surface area contributed by atoms with Gasteiger partial charge in [0.1, 0.15) is 0 Å². The van der Waals surface area contributed by atoms with Crippen LogP contribution in [0, 0.1) is 6.92 Å². The molecule has 0 aromatic heterocycles. The minimum atomic E-state index is -3.83. The Morgan fingerprint density at radius 2 is 1.55 bits per heavy atom. The number of nitrogens with zero attached hydrogens (tertiary/aromatic N) is 1. The summed E-state index contributed by atoms with van der Waals surface area (Å²) in [5.74, 6) is -0.416. The van der Waals surface area contributed by atoms with Crippen LogP contribution in [0.15, 0.2) is 83.8 Å². The fourth-order valence-electron chi connectivity index (χ4n) is 3.46. The number of hydrogen-bond acceptors (Lipinski definition) is 5. The zero-order chi connectivity index (χ0) is 24.1. The van der Waals surface area contributed by atoms with Crippen molar-refractivity contribution < 1.29 is 17.9 Å². The van der Waals surface area contributed by atoms with Gasteiger partial charge >= 0.3 is 5.97 Å². The highest BCUT2D eigenvalue weighted by Gasteiger charge is 2.28. The number of anilines is 1. The van der Waals surface area contributed by atoms with Crippen molar-refractivity contribution in [2.24, 2.45) is 0 Å². The van der Waals surface area contributed by atoms with Crippen LogP contribution in [-0.2, 0) is 20.2 Å². The van der Waals surface area contributed by atoms with E-state index in [9.17, 15) is 13.2 Å². The molecule has 0 fully saturated rings. The van der Waals surface area contributed by atoms with E-state index in [1.807, 2.05) is 37.3 Å². The number of hydrogen-bond donors (Lipinski definition) is 1. The normalized spacial score (nSPS) is 11.8. The molecule has 0 heterocycles. The molecule has 0 aliphatic rings. The molecule has 3 aromatic rings. The average molecular weight is 467 g/mol. The molecular weight excluding hydrogens is 436 g/mol. The maximum absolute atomic E-state index is 13.2. The predicted molar refractivity (Wildman–Crippen MR) is 131 cm³/mol. The summed E-state index contributed by atoms with van der Waals surface area (Å²) in [6.45, 7) is 8.42. The highest BCUT2D eigenvalue weighted by atomic mass is 32.2. The van der Waals surface area contributed by atoms with Gasteiger partial charge in [0.15, 0.2) is 0 Å². The molecule has 0 aliphatic heterocycles. The number of carbonyl (C=O) groups is 1. The number of hydrazine groups is 1. The van der Waals surface area contributed by atoms with Crippen LogP contribution in [0.2, 0.25) is 0 Å². The summed E-state index contributed by atoms with van der Waals surface area (Å²) in [7, 11) is -3.83. The van der Waals surface area contributed by atoms with E-state index in [-0.39, 0.29) is 16.9 Å². The second kappa shape index (κ2) is 10.2. The molecule has 0 saturated carbocycles. The van der Waals surface area contributed by atoms with Gasteiger partial charge in [-0.2, -0.15) is 0 Å². The molecule has 0 saturated heterocycles. The van der Waals surface area contributed by atoms with Crippen LogP contribution >= 0.6 is 0 Å². The van der Waals surface area contributed by atoms with E-state index >= 15 is 0 Å². The van der Waals surface area contributed by atoms with Gasteiger partial charge in [-0.05, 0) is 55.8 Å². The average Bonchev–Trinajstić information content (AvgIpc) is 2.79. The summed E-state index contributed by atoms with van der Waals surface area (Å²) in [6.07, 6.45) is 0. The van der Waals surface area contributed by atoms with Crippen LogP contribution in [0.25, 0.3) is 0 Å². The SMILES string of the molecule is CCOC(=O)c1ccc(N(CC(C)(C)c2ccccc2)NS(=O)(=O)c2ccc(C)cc2)cc1. The highest BCUT2D eigenvalue weighted by molar-refractivity contribution is 7.89. The molecule has 3 rings (SSSR count). The second-order valence-electron chi connectivity index (χ2n) is 8.51. The first kappa shape index (κ1) is 24.5. The number of benzene rings is 3. The topological polar surface area (TPSA) is 75.7 Å². The lowest BCUT2D eigenvalue weighted by atomic mass is 9.84.